The van der Waals surface area contributed by atoms with Crippen molar-refractivity contribution in [1.82, 2.24) is 4.98 Å². The molecule has 1 aromatic carbocycles. The fraction of sp³-hybridized carbons (Fsp3) is 0.0714. The number of nitrogens with zero attached hydrogens (tertiary/aromatic N) is 2. The third-order valence-corrected chi connectivity index (χ3v) is 2.90. The molecule has 0 bridgehead atoms. The molecule has 0 saturated carbocycles. The van der Waals surface area contributed by atoms with Gasteiger partial charge in [0.15, 0.2) is 0 Å². The molecule has 0 unspecified atom stereocenters. The van der Waals surface area contributed by atoms with Gasteiger partial charge in [-0.05, 0) is 31.2 Å². The Kier molecular flexibility index (Phi) is 3.87. The van der Waals surface area contributed by atoms with E-state index in [9.17, 15) is 4.79 Å². The minimum atomic E-state index is -0.436. The van der Waals surface area contributed by atoms with Crippen LogP contribution in [0.15, 0.2) is 30.5 Å². The van der Waals surface area contributed by atoms with Crippen LogP contribution in [-0.4, -0.2) is 10.9 Å². The van der Waals surface area contributed by atoms with E-state index < -0.39 is 5.91 Å². The predicted octanol–water partition coefficient (Wildman–Crippen LogP) is 2.75. The molecule has 6 heteroatoms. The number of nitrogens with one attached hydrogen (secondary N) is 1. The van der Waals surface area contributed by atoms with Gasteiger partial charge in [-0.2, -0.15) is 5.26 Å². The van der Waals surface area contributed by atoms with E-state index in [-0.39, 0.29) is 5.56 Å². The molecular formula is C14H11ClN4O. The van der Waals surface area contributed by atoms with Crippen LogP contribution < -0.4 is 11.1 Å². The van der Waals surface area contributed by atoms with Gasteiger partial charge in [0.1, 0.15) is 6.07 Å². The van der Waals surface area contributed by atoms with E-state index in [1.807, 2.05) is 6.07 Å². The maximum Gasteiger partial charge on any atom is 0.259 e. The molecular weight excluding hydrogens is 276 g/mol. The van der Waals surface area contributed by atoms with Gasteiger partial charge < -0.3 is 11.1 Å². The Hall–Kier alpha value is -2.58. The van der Waals surface area contributed by atoms with Crippen molar-refractivity contribution < 1.29 is 4.79 Å². The number of amides is 1. The average Bonchev–Trinajstić information content (AvgIpc) is 2.38. The van der Waals surface area contributed by atoms with Crippen LogP contribution in [0.3, 0.4) is 0 Å². The van der Waals surface area contributed by atoms with Crippen molar-refractivity contribution in [3.8, 4) is 6.07 Å². The lowest BCUT2D eigenvalue weighted by atomic mass is 10.1. The summed E-state index contributed by atoms with van der Waals surface area (Å²) in [7, 11) is 0. The quantitative estimate of drug-likeness (QED) is 0.888. The van der Waals surface area contributed by atoms with Crippen LogP contribution in [0.5, 0.6) is 0 Å². The molecule has 0 radical (unpaired) electrons. The maximum atomic E-state index is 12.1. The molecule has 20 heavy (non-hydrogen) atoms. The van der Waals surface area contributed by atoms with Gasteiger partial charge in [-0.15, -0.1) is 0 Å². The highest BCUT2D eigenvalue weighted by Gasteiger charge is 2.13. The molecule has 3 N–H and O–H groups in total. The molecule has 1 aromatic heterocycles. The zero-order valence-electron chi connectivity index (χ0n) is 10.6. The molecule has 0 aliphatic heterocycles. The molecule has 0 saturated heterocycles. The second-order valence-electron chi connectivity index (χ2n) is 4.17. The Morgan fingerprint density at radius 3 is 2.85 bits per heavy atom. The van der Waals surface area contributed by atoms with E-state index in [1.165, 1.54) is 18.3 Å². The van der Waals surface area contributed by atoms with Crippen LogP contribution >= 0.6 is 11.6 Å². The van der Waals surface area contributed by atoms with Crippen molar-refractivity contribution in [2.75, 3.05) is 11.1 Å². The first-order valence-electron chi connectivity index (χ1n) is 5.74. The first-order chi connectivity index (χ1) is 9.51. The maximum absolute atomic E-state index is 12.1. The Bertz CT molecular complexity index is 722. The SMILES string of the molecule is Cc1cc(N)c(C(=O)Nc2cc(Cl)ccc2C#N)cn1. The summed E-state index contributed by atoms with van der Waals surface area (Å²) in [5.74, 6) is -0.436. The first kappa shape index (κ1) is 13.8. The molecule has 2 rings (SSSR count). The van der Waals surface area contributed by atoms with E-state index in [2.05, 4.69) is 10.3 Å². The van der Waals surface area contributed by atoms with Crippen LogP contribution in [-0.2, 0) is 0 Å². The average molecular weight is 287 g/mol. The van der Waals surface area contributed by atoms with Crippen molar-refractivity contribution in [1.29, 1.82) is 5.26 Å². The fourth-order valence-corrected chi connectivity index (χ4v) is 1.85. The van der Waals surface area contributed by atoms with E-state index in [4.69, 9.17) is 22.6 Å². The number of aryl methyl sites for hydroxylation is 1. The first-order valence-corrected chi connectivity index (χ1v) is 6.12. The number of benzene rings is 1. The van der Waals surface area contributed by atoms with Crippen LogP contribution in [0.25, 0.3) is 0 Å². The summed E-state index contributed by atoms with van der Waals surface area (Å²) in [5, 5.41) is 12.0. The van der Waals surface area contributed by atoms with Crippen molar-refractivity contribution >= 4 is 28.9 Å². The molecule has 0 fully saturated rings. The number of hydrogen-bond acceptors (Lipinski definition) is 4. The molecule has 2 aromatic rings. The number of carbonyl (C=O) groups is 1. The van der Waals surface area contributed by atoms with Gasteiger partial charge in [0, 0.05) is 22.6 Å². The second-order valence-corrected chi connectivity index (χ2v) is 4.61. The van der Waals surface area contributed by atoms with E-state index in [0.29, 0.717) is 22.0 Å². The van der Waals surface area contributed by atoms with Crippen LogP contribution in [0, 0.1) is 18.3 Å². The molecule has 0 atom stereocenters. The van der Waals surface area contributed by atoms with Crippen molar-refractivity contribution in [3.05, 3.63) is 52.3 Å². The highest BCUT2D eigenvalue weighted by molar-refractivity contribution is 6.31. The smallest absolute Gasteiger partial charge is 0.259 e. The number of nitriles is 1. The molecule has 0 spiro atoms. The minimum absolute atomic E-state index is 0.250. The van der Waals surface area contributed by atoms with Gasteiger partial charge in [0.25, 0.3) is 5.91 Å². The molecule has 5 nitrogen and oxygen atoms in total. The Morgan fingerprint density at radius 1 is 1.45 bits per heavy atom. The van der Waals surface area contributed by atoms with E-state index in [0.717, 1.165) is 5.69 Å². The Balaban J connectivity index is 2.33. The number of carbonyl (C=O) groups excluding carboxylic acids is 1. The van der Waals surface area contributed by atoms with Gasteiger partial charge in [-0.1, -0.05) is 11.6 Å². The van der Waals surface area contributed by atoms with Gasteiger partial charge in [-0.3, -0.25) is 9.78 Å². The number of hydrogen-bond donors (Lipinski definition) is 2. The van der Waals surface area contributed by atoms with E-state index in [1.54, 1.807) is 19.1 Å². The largest absolute Gasteiger partial charge is 0.398 e. The predicted molar refractivity (Wildman–Crippen MR) is 77.5 cm³/mol. The van der Waals surface area contributed by atoms with E-state index >= 15 is 0 Å². The Labute approximate surface area is 121 Å². The molecule has 1 heterocycles. The fourth-order valence-electron chi connectivity index (χ4n) is 1.68. The number of aromatic nitrogens is 1. The highest BCUT2D eigenvalue weighted by atomic mass is 35.5. The zero-order chi connectivity index (χ0) is 14.7. The third-order valence-electron chi connectivity index (χ3n) is 2.67. The monoisotopic (exact) mass is 286 g/mol. The standard InChI is InChI=1S/C14H11ClN4O/c1-8-4-12(17)11(7-18-8)14(20)19-13-5-10(15)3-2-9(13)6-16/h2-5,7H,1H3,(H2,17,18)(H,19,20). The second kappa shape index (κ2) is 5.59. The zero-order valence-corrected chi connectivity index (χ0v) is 11.4. The number of rotatable bonds is 2. The number of anilines is 2. The normalized spacial score (nSPS) is 9.85. The summed E-state index contributed by atoms with van der Waals surface area (Å²) in [6.45, 7) is 1.78. The summed E-state index contributed by atoms with van der Waals surface area (Å²) < 4.78 is 0. The summed E-state index contributed by atoms with van der Waals surface area (Å²) in [6, 6.07) is 8.22. The third kappa shape index (κ3) is 2.87. The van der Waals surface area contributed by atoms with Crippen molar-refractivity contribution in [3.63, 3.8) is 0 Å². The summed E-state index contributed by atoms with van der Waals surface area (Å²) >= 11 is 5.86. The van der Waals surface area contributed by atoms with Gasteiger partial charge in [0.2, 0.25) is 0 Å². The highest BCUT2D eigenvalue weighted by Crippen LogP contribution is 2.22. The van der Waals surface area contributed by atoms with Crippen LogP contribution in [0.1, 0.15) is 21.6 Å². The Morgan fingerprint density at radius 2 is 2.20 bits per heavy atom. The summed E-state index contributed by atoms with van der Waals surface area (Å²) in [5.41, 5.74) is 7.74. The number of halogens is 1. The van der Waals surface area contributed by atoms with Crippen LogP contribution in [0.2, 0.25) is 5.02 Å². The van der Waals surface area contributed by atoms with Gasteiger partial charge in [-0.25, -0.2) is 0 Å². The molecule has 100 valence electrons. The molecule has 0 aliphatic carbocycles. The lowest BCUT2D eigenvalue weighted by Gasteiger charge is -2.09. The molecule has 0 aliphatic rings. The lowest BCUT2D eigenvalue weighted by molar-refractivity contribution is 0.102. The minimum Gasteiger partial charge on any atom is -0.398 e. The number of pyridine rings is 1. The summed E-state index contributed by atoms with van der Waals surface area (Å²) in [4.78, 5) is 16.2. The molecule has 1 amide bonds. The topological polar surface area (TPSA) is 91.8 Å². The van der Waals surface area contributed by atoms with Gasteiger partial charge >= 0.3 is 0 Å². The van der Waals surface area contributed by atoms with Crippen molar-refractivity contribution in [2.24, 2.45) is 0 Å². The van der Waals surface area contributed by atoms with Gasteiger partial charge in [0.05, 0.1) is 16.8 Å². The van der Waals surface area contributed by atoms with Crippen LogP contribution in [0.4, 0.5) is 11.4 Å². The lowest BCUT2D eigenvalue weighted by Crippen LogP contribution is -2.15. The van der Waals surface area contributed by atoms with Crippen molar-refractivity contribution in [2.45, 2.75) is 6.92 Å². The number of nitrogens with two attached hydrogens (primary N) is 1. The summed E-state index contributed by atoms with van der Waals surface area (Å²) in [6.07, 6.45) is 1.40. The number of nitrogen functional groups attached to an aromatic ring is 1.